The maximum atomic E-state index is 11.4. The largest absolute Gasteiger partial charge is 0.300 e. The van der Waals surface area contributed by atoms with Crippen LogP contribution in [0.2, 0.25) is 18.1 Å². The number of carbonyl (C=O) groups is 1. The maximum Gasteiger partial charge on any atom is 0.132 e. The van der Waals surface area contributed by atoms with Crippen molar-refractivity contribution in [2.45, 2.75) is 95.7 Å². The smallest absolute Gasteiger partial charge is 0.132 e. The van der Waals surface area contributed by atoms with Gasteiger partial charge in [-0.05, 0) is 24.7 Å². The molecular weight excluding hydrogens is 332 g/mol. The summed E-state index contributed by atoms with van der Waals surface area (Å²) in [5, 5.41) is 1.74. The van der Waals surface area contributed by atoms with Crippen LogP contribution in [0.3, 0.4) is 0 Å². The van der Waals surface area contributed by atoms with Crippen LogP contribution in [0, 0.1) is 11.8 Å². The van der Waals surface area contributed by atoms with Gasteiger partial charge in [0.2, 0.25) is 0 Å². The molecular formula is C24H38OSi. The number of hydrogen-bond acceptors (Lipinski definition) is 1. The Labute approximate surface area is 162 Å². The van der Waals surface area contributed by atoms with Crippen LogP contribution in [0.15, 0.2) is 30.3 Å². The zero-order valence-corrected chi connectivity index (χ0v) is 17.8. The highest BCUT2D eigenvalue weighted by Gasteiger charge is 2.38. The van der Waals surface area contributed by atoms with Gasteiger partial charge >= 0.3 is 0 Å². The molecule has 1 heterocycles. The van der Waals surface area contributed by atoms with Crippen LogP contribution in [0.25, 0.3) is 0 Å². The molecule has 2 fully saturated rings. The zero-order chi connectivity index (χ0) is 18.2. The Morgan fingerprint density at radius 2 is 1.50 bits per heavy atom. The molecule has 144 valence electrons. The number of carbonyl (C=O) groups excluding carboxylic acids is 1. The van der Waals surface area contributed by atoms with Gasteiger partial charge in [0.1, 0.15) is 5.78 Å². The average Bonchev–Trinajstić information content (AvgIpc) is 2.69. The highest BCUT2D eigenvalue weighted by Crippen LogP contribution is 2.39. The van der Waals surface area contributed by atoms with E-state index in [0.717, 1.165) is 24.7 Å². The van der Waals surface area contributed by atoms with E-state index in [-0.39, 0.29) is 0 Å². The van der Waals surface area contributed by atoms with Gasteiger partial charge in [-0.25, -0.2) is 0 Å². The van der Waals surface area contributed by atoms with Crippen molar-refractivity contribution in [1.29, 1.82) is 0 Å². The standard InChI is InChI=1S/C24H38OSi/c1-2-3-7-18-26(24-8-5-4-6-9-24)19-16-22(17-20-26)11-10-21-12-14-23(25)15-13-21/h4-6,8-9,21-22H,2-3,7,10-20H2,1H3. The number of ketones is 1. The molecule has 0 amide bonds. The van der Waals surface area contributed by atoms with Crippen LogP contribution in [0.5, 0.6) is 0 Å². The van der Waals surface area contributed by atoms with Gasteiger partial charge in [0.25, 0.3) is 0 Å². The van der Waals surface area contributed by atoms with E-state index in [2.05, 4.69) is 37.3 Å². The normalized spacial score (nSPS) is 27.6. The maximum absolute atomic E-state index is 11.4. The van der Waals surface area contributed by atoms with Gasteiger partial charge in [-0.1, -0.05) is 106 Å². The SMILES string of the molecule is CCCCC[Si]1(c2ccccc2)CCC(CCC2CCC(=O)CC2)CC1. The number of hydrogen-bond donors (Lipinski definition) is 0. The fourth-order valence-corrected chi connectivity index (χ4v) is 10.8. The van der Waals surface area contributed by atoms with E-state index >= 15 is 0 Å². The summed E-state index contributed by atoms with van der Waals surface area (Å²) in [7, 11) is -1.26. The summed E-state index contributed by atoms with van der Waals surface area (Å²) >= 11 is 0. The van der Waals surface area contributed by atoms with Crippen molar-refractivity contribution in [2.75, 3.05) is 0 Å². The lowest BCUT2D eigenvalue weighted by Crippen LogP contribution is -2.50. The Morgan fingerprint density at radius 1 is 0.885 bits per heavy atom. The Balaban J connectivity index is 1.52. The quantitative estimate of drug-likeness (QED) is 0.378. The first-order valence-electron chi connectivity index (χ1n) is 11.3. The average molecular weight is 371 g/mol. The summed E-state index contributed by atoms with van der Waals surface area (Å²) in [5.41, 5.74) is 0. The number of benzene rings is 1. The Morgan fingerprint density at radius 3 is 2.12 bits per heavy atom. The second kappa shape index (κ2) is 9.87. The molecule has 3 rings (SSSR count). The van der Waals surface area contributed by atoms with Gasteiger partial charge in [0.05, 0.1) is 8.07 Å². The third-order valence-electron chi connectivity index (χ3n) is 7.35. The van der Waals surface area contributed by atoms with E-state index < -0.39 is 8.07 Å². The highest BCUT2D eigenvalue weighted by atomic mass is 28.3. The first kappa shape index (κ1) is 19.9. The van der Waals surface area contributed by atoms with E-state index in [4.69, 9.17) is 0 Å². The molecule has 0 spiro atoms. The second-order valence-electron chi connectivity index (χ2n) is 9.11. The molecule has 1 aliphatic heterocycles. The molecule has 1 aromatic rings. The summed E-state index contributed by atoms with van der Waals surface area (Å²) in [5.74, 6) is 2.31. The van der Waals surface area contributed by atoms with Crippen molar-refractivity contribution in [3.8, 4) is 0 Å². The monoisotopic (exact) mass is 370 g/mol. The molecule has 2 aliphatic rings. The topological polar surface area (TPSA) is 17.1 Å². The summed E-state index contributed by atoms with van der Waals surface area (Å²) in [4.78, 5) is 11.4. The van der Waals surface area contributed by atoms with Crippen molar-refractivity contribution >= 4 is 19.0 Å². The molecule has 2 heteroatoms. The number of rotatable bonds is 8. The molecule has 1 saturated heterocycles. The minimum atomic E-state index is -1.26. The van der Waals surface area contributed by atoms with Crippen molar-refractivity contribution in [3.63, 3.8) is 0 Å². The predicted octanol–water partition coefficient (Wildman–Crippen LogP) is 6.48. The number of unbranched alkanes of at least 4 members (excludes halogenated alkanes) is 2. The molecule has 0 bridgehead atoms. The van der Waals surface area contributed by atoms with Crippen molar-refractivity contribution < 1.29 is 4.79 Å². The van der Waals surface area contributed by atoms with Crippen LogP contribution in [0.1, 0.15) is 77.6 Å². The highest BCUT2D eigenvalue weighted by molar-refractivity contribution is 6.92. The minimum Gasteiger partial charge on any atom is -0.300 e. The van der Waals surface area contributed by atoms with Crippen molar-refractivity contribution in [3.05, 3.63) is 30.3 Å². The molecule has 0 atom stereocenters. The van der Waals surface area contributed by atoms with Gasteiger partial charge < -0.3 is 0 Å². The Kier molecular flexibility index (Phi) is 7.54. The van der Waals surface area contributed by atoms with Gasteiger partial charge in [0.15, 0.2) is 0 Å². The minimum absolute atomic E-state index is 0.504. The Hall–Kier alpha value is -0.893. The van der Waals surface area contributed by atoms with Gasteiger partial charge in [-0.2, -0.15) is 0 Å². The first-order chi connectivity index (χ1) is 12.7. The fraction of sp³-hybridized carbons (Fsp3) is 0.708. The lowest BCUT2D eigenvalue weighted by Gasteiger charge is -2.40. The van der Waals surface area contributed by atoms with Crippen LogP contribution in [-0.4, -0.2) is 13.9 Å². The predicted molar refractivity (Wildman–Crippen MR) is 115 cm³/mol. The molecule has 26 heavy (non-hydrogen) atoms. The molecule has 0 aromatic heterocycles. The van der Waals surface area contributed by atoms with Crippen LogP contribution < -0.4 is 5.19 Å². The first-order valence-corrected chi connectivity index (χ1v) is 13.9. The molecule has 0 N–H and O–H groups in total. The fourth-order valence-electron chi connectivity index (χ4n) is 5.47. The van der Waals surface area contributed by atoms with Crippen molar-refractivity contribution in [2.24, 2.45) is 11.8 Å². The third-order valence-corrected chi connectivity index (χ3v) is 12.7. The Bertz CT molecular complexity index is 535. The molecule has 0 radical (unpaired) electrons. The lowest BCUT2D eigenvalue weighted by molar-refractivity contribution is -0.121. The number of Topliss-reactive ketones (excluding diaryl/α,β-unsaturated/α-hetero) is 1. The van der Waals surface area contributed by atoms with Crippen LogP contribution in [0.4, 0.5) is 0 Å². The lowest BCUT2D eigenvalue weighted by atomic mass is 9.82. The molecule has 1 nitrogen and oxygen atoms in total. The van der Waals surface area contributed by atoms with Gasteiger partial charge in [-0.15, -0.1) is 0 Å². The molecule has 1 aliphatic carbocycles. The van der Waals surface area contributed by atoms with E-state index in [0.29, 0.717) is 5.78 Å². The van der Waals surface area contributed by atoms with E-state index in [9.17, 15) is 4.79 Å². The summed E-state index contributed by atoms with van der Waals surface area (Å²) in [6, 6.07) is 16.2. The van der Waals surface area contributed by atoms with Crippen LogP contribution >= 0.6 is 0 Å². The summed E-state index contributed by atoms with van der Waals surface area (Å²) in [6.07, 6.45) is 14.0. The van der Waals surface area contributed by atoms with E-state index in [1.165, 1.54) is 75.9 Å². The van der Waals surface area contributed by atoms with E-state index in [1.807, 2.05) is 0 Å². The summed E-state index contributed by atoms with van der Waals surface area (Å²) in [6.45, 7) is 2.33. The summed E-state index contributed by atoms with van der Waals surface area (Å²) < 4.78 is 0. The van der Waals surface area contributed by atoms with E-state index in [1.54, 1.807) is 5.19 Å². The van der Waals surface area contributed by atoms with Gasteiger partial charge in [0, 0.05) is 12.8 Å². The third kappa shape index (κ3) is 5.31. The van der Waals surface area contributed by atoms with Gasteiger partial charge in [-0.3, -0.25) is 4.79 Å². The van der Waals surface area contributed by atoms with Crippen LogP contribution in [-0.2, 0) is 4.79 Å². The molecule has 1 aromatic carbocycles. The second-order valence-corrected chi connectivity index (χ2v) is 13.7. The molecule has 0 unspecified atom stereocenters. The molecule has 1 saturated carbocycles. The van der Waals surface area contributed by atoms with Crippen molar-refractivity contribution in [1.82, 2.24) is 0 Å². The zero-order valence-electron chi connectivity index (χ0n) is 16.8.